The Morgan fingerprint density at radius 2 is 1.08 bits per heavy atom. The fraction of sp³-hybridized carbons (Fsp3) is 1.00. The van der Waals surface area contributed by atoms with Gasteiger partial charge in [0.05, 0.1) is 0 Å². The van der Waals surface area contributed by atoms with Crippen molar-refractivity contribution >= 4 is 0 Å². The van der Waals surface area contributed by atoms with Gasteiger partial charge in [-0.05, 0) is 40.5 Å². The Morgan fingerprint density at radius 3 is 1.31 bits per heavy atom. The second-order valence-corrected chi connectivity index (χ2v) is 5.24. The Morgan fingerprint density at radius 1 is 0.769 bits per heavy atom. The van der Waals surface area contributed by atoms with Gasteiger partial charge in [0.2, 0.25) is 0 Å². The van der Waals surface area contributed by atoms with Crippen LogP contribution in [0.3, 0.4) is 0 Å². The molecule has 0 spiro atoms. The molecular formula is C12H26N. The highest BCUT2D eigenvalue weighted by Gasteiger charge is 2.27. The van der Waals surface area contributed by atoms with Gasteiger partial charge in [-0.3, -0.25) is 0 Å². The first-order chi connectivity index (χ1) is 5.83. The number of hydrogen-bond donors (Lipinski definition) is 0. The van der Waals surface area contributed by atoms with Crippen LogP contribution in [0.15, 0.2) is 0 Å². The molecule has 0 saturated carbocycles. The van der Waals surface area contributed by atoms with E-state index in [0.29, 0.717) is 0 Å². The Bertz CT molecular complexity index is 120. The number of hydrogen-bond acceptors (Lipinski definition) is 0. The molecule has 0 N–H and O–H groups in total. The zero-order chi connectivity index (χ0) is 10.5. The van der Waals surface area contributed by atoms with E-state index in [-0.39, 0.29) is 11.1 Å². The van der Waals surface area contributed by atoms with Gasteiger partial charge in [-0.25, -0.2) is 5.32 Å². The predicted octanol–water partition coefficient (Wildman–Crippen LogP) is 3.75. The van der Waals surface area contributed by atoms with Gasteiger partial charge in [0, 0.05) is 11.1 Å². The summed E-state index contributed by atoms with van der Waals surface area (Å²) >= 11 is 0. The van der Waals surface area contributed by atoms with Crippen molar-refractivity contribution in [2.24, 2.45) is 0 Å². The molecule has 0 rings (SSSR count). The molecule has 0 amide bonds. The maximum atomic E-state index is 4.92. The highest BCUT2D eigenvalue weighted by Crippen LogP contribution is 2.22. The summed E-state index contributed by atoms with van der Waals surface area (Å²) in [6.45, 7) is 13.4. The summed E-state index contributed by atoms with van der Waals surface area (Å²) in [4.78, 5) is 0. The van der Waals surface area contributed by atoms with Crippen LogP contribution in [0.5, 0.6) is 0 Å². The molecule has 1 heteroatoms. The standard InChI is InChI=1S/C12H26N/c1-7-9-11(3,4)13-12(5,6)10-8-2/h7-10H2,1-6H3. The molecule has 0 atom stereocenters. The summed E-state index contributed by atoms with van der Waals surface area (Å²) < 4.78 is 0. The minimum absolute atomic E-state index is 0.160. The highest BCUT2D eigenvalue weighted by molar-refractivity contribution is 4.87. The lowest BCUT2D eigenvalue weighted by molar-refractivity contribution is 0.228. The van der Waals surface area contributed by atoms with E-state index in [9.17, 15) is 0 Å². The molecule has 0 aromatic heterocycles. The van der Waals surface area contributed by atoms with Crippen LogP contribution in [0.25, 0.3) is 0 Å². The first kappa shape index (κ1) is 13.0. The normalized spacial score (nSPS) is 13.4. The van der Waals surface area contributed by atoms with Crippen LogP contribution in [0.1, 0.15) is 67.2 Å². The fourth-order valence-electron chi connectivity index (χ4n) is 2.15. The minimum Gasteiger partial charge on any atom is -0.230 e. The van der Waals surface area contributed by atoms with Crippen LogP contribution in [-0.2, 0) is 0 Å². The molecule has 0 aromatic carbocycles. The molecule has 0 fully saturated rings. The average molecular weight is 184 g/mol. The van der Waals surface area contributed by atoms with Crippen molar-refractivity contribution in [2.75, 3.05) is 0 Å². The third-order valence-corrected chi connectivity index (χ3v) is 2.33. The van der Waals surface area contributed by atoms with Crippen molar-refractivity contribution in [3.8, 4) is 0 Å². The maximum absolute atomic E-state index is 4.92. The van der Waals surface area contributed by atoms with Gasteiger partial charge in [0.15, 0.2) is 0 Å². The van der Waals surface area contributed by atoms with Crippen molar-refractivity contribution in [1.29, 1.82) is 0 Å². The zero-order valence-corrected chi connectivity index (χ0v) is 10.3. The van der Waals surface area contributed by atoms with Gasteiger partial charge in [-0.2, -0.15) is 0 Å². The quantitative estimate of drug-likeness (QED) is 0.597. The molecule has 0 saturated heterocycles. The lowest BCUT2D eigenvalue weighted by Gasteiger charge is -2.35. The molecule has 0 unspecified atom stereocenters. The van der Waals surface area contributed by atoms with Crippen LogP contribution in [-0.4, -0.2) is 11.1 Å². The third-order valence-electron chi connectivity index (χ3n) is 2.33. The summed E-state index contributed by atoms with van der Waals surface area (Å²) in [6.07, 6.45) is 4.83. The lowest BCUT2D eigenvalue weighted by atomic mass is 9.91. The van der Waals surface area contributed by atoms with Crippen molar-refractivity contribution in [1.82, 2.24) is 5.32 Å². The maximum Gasteiger partial charge on any atom is 0.0306 e. The van der Waals surface area contributed by atoms with Gasteiger partial charge in [0.1, 0.15) is 0 Å². The van der Waals surface area contributed by atoms with Crippen LogP contribution in [0, 0.1) is 0 Å². The van der Waals surface area contributed by atoms with E-state index in [1.165, 1.54) is 25.7 Å². The Hall–Kier alpha value is -0.0400. The van der Waals surface area contributed by atoms with E-state index in [2.05, 4.69) is 41.5 Å². The summed E-state index contributed by atoms with van der Waals surface area (Å²) in [7, 11) is 0. The van der Waals surface area contributed by atoms with E-state index in [4.69, 9.17) is 5.32 Å². The molecule has 0 aliphatic rings. The van der Waals surface area contributed by atoms with E-state index in [0.717, 1.165) is 0 Å². The molecule has 0 aliphatic carbocycles. The van der Waals surface area contributed by atoms with Crippen molar-refractivity contribution in [2.45, 2.75) is 78.3 Å². The average Bonchev–Trinajstić information content (AvgIpc) is 1.82. The lowest BCUT2D eigenvalue weighted by Crippen LogP contribution is -2.45. The monoisotopic (exact) mass is 184 g/mol. The highest BCUT2D eigenvalue weighted by atomic mass is 15.0. The van der Waals surface area contributed by atoms with Crippen molar-refractivity contribution in [3.63, 3.8) is 0 Å². The van der Waals surface area contributed by atoms with Crippen LogP contribution >= 0.6 is 0 Å². The Kier molecular flexibility index (Phi) is 4.98. The molecule has 79 valence electrons. The predicted molar refractivity (Wildman–Crippen MR) is 60.1 cm³/mol. The van der Waals surface area contributed by atoms with Gasteiger partial charge in [-0.1, -0.05) is 26.7 Å². The van der Waals surface area contributed by atoms with Crippen LogP contribution in [0.2, 0.25) is 0 Å². The molecule has 0 heterocycles. The molecule has 0 aromatic rings. The largest absolute Gasteiger partial charge is 0.230 e. The smallest absolute Gasteiger partial charge is 0.0306 e. The number of nitrogens with zero attached hydrogens (tertiary/aromatic N) is 1. The van der Waals surface area contributed by atoms with Gasteiger partial charge in [0.25, 0.3) is 0 Å². The topological polar surface area (TPSA) is 14.1 Å². The van der Waals surface area contributed by atoms with E-state index < -0.39 is 0 Å². The zero-order valence-electron chi connectivity index (χ0n) is 10.3. The summed E-state index contributed by atoms with van der Waals surface area (Å²) in [5.41, 5.74) is 0.320. The summed E-state index contributed by atoms with van der Waals surface area (Å²) in [6, 6.07) is 0. The van der Waals surface area contributed by atoms with Gasteiger partial charge < -0.3 is 0 Å². The summed E-state index contributed by atoms with van der Waals surface area (Å²) in [5.74, 6) is 0. The first-order valence-electron chi connectivity index (χ1n) is 5.57. The molecule has 13 heavy (non-hydrogen) atoms. The van der Waals surface area contributed by atoms with Crippen molar-refractivity contribution in [3.05, 3.63) is 0 Å². The second-order valence-electron chi connectivity index (χ2n) is 5.24. The Balaban J connectivity index is 4.07. The summed E-state index contributed by atoms with van der Waals surface area (Å²) in [5, 5.41) is 4.92. The van der Waals surface area contributed by atoms with E-state index in [1.807, 2.05) is 0 Å². The van der Waals surface area contributed by atoms with Gasteiger partial charge in [-0.15, -0.1) is 0 Å². The SMILES string of the molecule is CCCC(C)(C)[N]C(C)(C)CCC. The fourth-order valence-corrected chi connectivity index (χ4v) is 2.15. The second kappa shape index (κ2) is 4.99. The van der Waals surface area contributed by atoms with Crippen LogP contribution < -0.4 is 5.32 Å². The molecular weight excluding hydrogens is 158 g/mol. The first-order valence-corrected chi connectivity index (χ1v) is 5.57. The van der Waals surface area contributed by atoms with E-state index in [1.54, 1.807) is 0 Å². The molecule has 1 nitrogen and oxygen atoms in total. The van der Waals surface area contributed by atoms with Crippen LogP contribution in [0.4, 0.5) is 0 Å². The van der Waals surface area contributed by atoms with Gasteiger partial charge >= 0.3 is 0 Å². The Labute approximate surface area is 84.3 Å². The van der Waals surface area contributed by atoms with Crippen molar-refractivity contribution < 1.29 is 0 Å². The van der Waals surface area contributed by atoms with E-state index >= 15 is 0 Å². The molecule has 0 bridgehead atoms. The molecule has 0 aliphatic heterocycles. The number of rotatable bonds is 6. The third kappa shape index (κ3) is 6.09. The molecule has 1 radical (unpaired) electrons. The minimum atomic E-state index is 0.160.